The van der Waals surface area contributed by atoms with Gasteiger partial charge in [-0.1, -0.05) is 66.7 Å². The van der Waals surface area contributed by atoms with Crippen molar-refractivity contribution in [3.63, 3.8) is 0 Å². The lowest BCUT2D eigenvalue weighted by Gasteiger charge is -2.19. The van der Waals surface area contributed by atoms with Crippen molar-refractivity contribution in [1.29, 1.82) is 0 Å². The second kappa shape index (κ2) is 8.48. The Labute approximate surface area is 151 Å². The van der Waals surface area contributed by atoms with E-state index in [4.69, 9.17) is 4.74 Å². The van der Waals surface area contributed by atoms with Crippen molar-refractivity contribution >= 4 is 18.2 Å². The molecule has 3 rings (SSSR count). The van der Waals surface area contributed by atoms with E-state index >= 15 is 0 Å². The summed E-state index contributed by atoms with van der Waals surface area (Å²) in [6, 6.07) is 25.6. The molecule has 0 bridgehead atoms. The maximum atomic E-state index is 12.4. The maximum Gasteiger partial charge on any atom is 0.413 e. The van der Waals surface area contributed by atoms with Crippen LogP contribution in [0.4, 0.5) is 10.5 Å². The van der Waals surface area contributed by atoms with E-state index in [1.807, 2.05) is 60.7 Å². The number of hydrogen-bond donors (Lipinski definition) is 2. The van der Waals surface area contributed by atoms with Gasteiger partial charge in [0.05, 0.1) is 6.04 Å². The molecule has 0 aliphatic carbocycles. The quantitative estimate of drug-likeness (QED) is 0.659. The van der Waals surface area contributed by atoms with Gasteiger partial charge in [-0.15, -0.1) is 0 Å². The van der Waals surface area contributed by atoms with Crippen molar-refractivity contribution in [3.8, 4) is 5.75 Å². The molecular formula is C21H18N2O3. The van der Waals surface area contributed by atoms with E-state index in [0.29, 0.717) is 17.8 Å². The van der Waals surface area contributed by atoms with Crippen molar-refractivity contribution in [2.24, 2.45) is 0 Å². The summed E-state index contributed by atoms with van der Waals surface area (Å²) in [5.41, 5.74) is 2.45. The lowest BCUT2D eigenvalue weighted by molar-refractivity contribution is -0.105. The molecule has 26 heavy (non-hydrogen) atoms. The van der Waals surface area contributed by atoms with E-state index < -0.39 is 6.09 Å². The molecule has 3 aromatic rings. The van der Waals surface area contributed by atoms with Crippen LogP contribution in [0.5, 0.6) is 5.75 Å². The first-order valence-electron chi connectivity index (χ1n) is 8.15. The molecule has 130 valence electrons. The van der Waals surface area contributed by atoms with Crippen LogP contribution in [0, 0.1) is 0 Å². The van der Waals surface area contributed by atoms with Crippen molar-refractivity contribution in [3.05, 3.63) is 96.1 Å². The van der Waals surface area contributed by atoms with E-state index in [1.165, 1.54) is 0 Å². The van der Waals surface area contributed by atoms with Crippen LogP contribution >= 0.6 is 0 Å². The highest BCUT2D eigenvalue weighted by Crippen LogP contribution is 2.23. The van der Waals surface area contributed by atoms with Crippen LogP contribution in [0.2, 0.25) is 0 Å². The number of amides is 2. The first-order valence-corrected chi connectivity index (χ1v) is 8.15. The Kier molecular flexibility index (Phi) is 5.62. The molecule has 0 heterocycles. The number of ether oxygens (including phenoxy) is 1. The highest BCUT2D eigenvalue weighted by Gasteiger charge is 2.17. The number of carbonyl (C=O) groups excluding carboxylic acids is 2. The van der Waals surface area contributed by atoms with Crippen LogP contribution in [0.1, 0.15) is 17.2 Å². The van der Waals surface area contributed by atoms with Gasteiger partial charge in [0.15, 0.2) is 0 Å². The fourth-order valence-corrected chi connectivity index (χ4v) is 2.62. The zero-order valence-corrected chi connectivity index (χ0v) is 14.0. The summed E-state index contributed by atoms with van der Waals surface area (Å²) in [6.07, 6.45) is -0.00835. The summed E-state index contributed by atoms with van der Waals surface area (Å²) in [5.74, 6) is 0.342. The molecule has 0 aromatic heterocycles. The number of rotatable bonds is 6. The van der Waals surface area contributed by atoms with Gasteiger partial charge in [0.25, 0.3) is 0 Å². The van der Waals surface area contributed by atoms with Gasteiger partial charge in [-0.3, -0.25) is 4.79 Å². The first-order chi connectivity index (χ1) is 12.8. The second-order valence-corrected chi connectivity index (χ2v) is 5.58. The van der Waals surface area contributed by atoms with E-state index in [1.54, 1.807) is 24.3 Å². The normalized spacial score (nSPS) is 10.2. The largest absolute Gasteiger partial charge is 0.413 e. The standard InChI is InChI=1S/C21H18N2O3/c24-15-22-18-12-7-13-19(14-18)26-21(25)23-20(16-8-3-1-4-9-16)17-10-5-2-6-11-17/h1-15,20H,(H,22,24)(H,23,25). The molecule has 2 amide bonds. The molecule has 3 aromatic carbocycles. The van der Waals surface area contributed by atoms with Gasteiger partial charge in [0.2, 0.25) is 6.41 Å². The monoisotopic (exact) mass is 346 g/mol. The first kappa shape index (κ1) is 17.2. The Morgan fingerprint density at radius 1 is 0.846 bits per heavy atom. The minimum Gasteiger partial charge on any atom is -0.410 e. The fourth-order valence-electron chi connectivity index (χ4n) is 2.62. The van der Waals surface area contributed by atoms with E-state index in [2.05, 4.69) is 10.6 Å². The third-order valence-corrected chi connectivity index (χ3v) is 3.80. The Morgan fingerprint density at radius 2 is 1.46 bits per heavy atom. The van der Waals surface area contributed by atoms with E-state index in [0.717, 1.165) is 11.1 Å². The van der Waals surface area contributed by atoms with E-state index in [-0.39, 0.29) is 6.04 Å². The predicted molar refractivity (Wildman–Crippen MR) is 100 cm³/mol. The summed E-state index contributed by atoms with van der Waals surface area (Å²) >= 11 is 0. The molecule has 0 saturated carbocycles. The van der Waals surface area contributed by atoms with Crippen molar-refractivity contribution in [2.75, 3.05) is 5.32 Å². The smallest absolute Gasteiger partial charge is 0.410 e. The lowest BCUT2D eigenvalue weighted by Crippen LogP contribution is -2.31. The molecule has 5 heteroatoms. The van der Waals surface area contributed by atoms with Gasteiger partial charge >= 0.3 is 6.09 Å². The molecule has 0 saturated heterocycles. The number of anilines is 1. The molecule has 0 atom stereocenters. The van der Waals surface area contributed by atoms with Crippen molar-refractivity contribution in [2.45, 2.75) is 6.04 Å². The van der Waals surface area contributed by atoms with Gasteiger partial charge in [-0.2, -0.15) is 0 Å². The van der Waals surface area contributed by atoms with Crippen LogP contribution in [0.3, 0.4) is 0 Å². The van der Waals surface area contributed by atoms with Crippen LogP contribution in [-0.4, -0.2) is 12.5 Å². The highest BCUT2D eigenvalue weighted by molar-refractivity contribution is 5.74. The number of benzene rings is 3. The summed E-state index contributed by atoms with van der Waals surface area (Å²) in [4.78, 5) is 23.0. The molecule has 0 radical (unpaired) electrons. The highest BCUT2D eigenvalue weighted by atomic mass is 16.6. The minimum absolute atomic E-state index is 0.332. The Bertz CT molecular complexity index is 827. The molecule has 5 nitrogen and oxygen atoms in total. The fraction of sp³-hybridized carbons (Fsp3) is 0.0476. The van der Waals surface area contributed by atoms with Gasteiger partial charge in [-0.05, 0) is 23.3 Å². The van der Waals surface area contributed by atoms with Crippen LogP contribution in [0.25, 0.3) is 0 Å². The van der Waals surface area contributed by atoms with Crippen molar-refractivity contribution in [1.82, 2.24) is 5.32 Å². The Morgan fingerprint density at radius 3 is 2.04 bits per heavy atom. The number of hydrogen-bond acceptors (Lipinski definition) is 3. The predicted octanol–water partition coefficient (Wildman–Crippen LogP) is 4.13. The number of carbonyl (C=O) groups is 2. The summed E-state index contributed by atoms with van der Waals surface area (Å²) in [6.45, 7) is 0. The minimum atomic E-state index is -0.578. The second-order valence-electron chi connectivity index (χ2n) is 5.58. The van der Waals surface area contributed by atoms with Crippen molar-refractivity contribution < 1.29 is 14.3 Å². The van der Waals surface area contributed by atoms with Gasteiger partial charge in [-0.25, -0.2) is 4.79 Å². The molecular weight excluding hydrogens is 328 g/mol. The van der Waals surface area contributed by atoms with E-state index in [9.17, 15) is 9.59 Å². The molecule has 0 aliphatic heterocycles. The molecule has 2 N–H and O–H groups in total. The summed E-state index contributed by atoms with van der Waals surface area (Å²) in [5, 5.41) is 5.42. The molecule has 0 spiro atoms. The summed E-state index contributed by atoms with van der Waals surface area (Å²) < 4.78 is 5.37. The lowest BCUT2D eigenvalue weighted by atomic mass is 9.99. The van der Waals surface area contributed by atoms with Gasteiger partial charge in [0, 0.05) is 11.8 Å². The average Bonchev–Trinajstić information content (AvgIpc) is 2.68. The van der Waals surface area contributed by atoms with Gasteiger partial charge in [0.1, 0.15) is 5.75 Å². The molecule has 0 unspecified atom stereocenters. The Hall–Kier alpha value is -3.60. The zero-order chi connectivity index (χ0) is 18.2. The van der Waals surface area contributed by atoms with Crippen LogP contribution in [0.15, 0.2) is 84.9 Å². The van der Waals surface area contributed by atoms with Crippen LogP contribution in [-0.2, 0) is 4.79 Å². The topological polar surface area (TPSA) is 67.4 Å². The third kappa shape index (κ3) is 4.48. The van der Waals surface area contributed by atoms with Crippen LogP contribution < -0.4 is 15.4 Å². The number of nitrogens with one attached hydrogen (secondary N) is 2. The average molecular weight is 346 g/mol. The third-order valence-electron chi connectivity index (χ3n) is 3.80. The maximum absolute atomic E-state index is 12.4. The zero-order valence-electron chi connectivity index (χ0n) is 14.0. The Balaban J connectivity index is 1.78. The SMILES string of the molecule is O=CNc1cccc(OC(=O)NC(c2ccccc2)c2ccccc2)c1. The molecule has 0 fully saturated rings. The van der Waals surface area contributed by atoms with Gasteiger partial charge < -0.3 is 15.4 Å². The summed E-state index contributed by atoms with van der Waals surface area (Å²) in [7, 11) is 0. The molecule has 0 aliphatic rings.